The number of nitrogens with zero attached hydrogens (tertiary/aromatic N) is 3. The van der Waals surface area contributed by atoms with E-state index in [1.807, 2.05) is 48.5 Å². The number of rotatable bonds is 5. The Morgan fingerprint density at radius 3 is 2.15 bits per heavy atom. The molecule has 0 fully saturated rings. The summed E-state index contributed by atoms with van der Waals surface area (Å²) in [5, 5.41) is 13.2. The van der Waals surface area contributed by atoms with Crippen LogP contribution in [0.1, 0.15) is 11.7 Å². The summed E-state index contributed by atoms with van der Waals surface area (Å²) in [6, 6.07) is 15.3. The maximum Gasteiger partial charge on any atom is 0.118 e. The topological polar surface area (TPSA) is 78.2 Å². The lowest BCUT2D eigenvalue weighted by molar-refractivity contribution is 0.187. The Morgan fingerprint density at radius 1 is 1.10 bits per heavy atom. The van der Waals surface area contributed by atoms with Gasteiger partial charge in [0.15, 0.2) is 0 Å². The molecule has 0 radical (unpaired) electrons. The van der Waals surface area contributed by atoms with Crippen LogP contribution in [0.15, 0.2) is 53.6 Å². The third-order valence-corrected chi connectivity index (χ3v) is 3.04. The van der Waals surface area contributed by atoms with E-state index >= 15 is 0 Å². The summed E-state index contributed by atoms with van der Waals surface area (Å²) in [6.45, 7) is 0.0401. The van der Waals surface area contributed by atoms with Gasteiger partial charge in [0.05, 0.1) is 19.8 Å². The SMILES string of the molecule is COc1ccc(-c2ccc(C(O)CN=[N+]=[N-])cc2)cc1. The normalized spacial score (nSPS) is 11.5. The molecule has 2 rings (SSSR count). The van der Waals surface area contributed by atoms with Crippen molar-refractivity contribution in [2.75, 3.05) is 13.7 Å². The Hall–Kier alpha value is -2.49. The lowest BCUT2D eigenvalue weighted by atomic mass is 10.0. The zero-order valence-electron chi connectivity index (χ0n) is 11.1. The predicted molar refractivity (Wildman–Crippen MR) is 77.4 cm³/mol. The molecule has 1 N–H and O–H groups in total. The molecule has 102 valence electrons. The van der Waals surface area contributed by atoms with Gasteiger partial charge in [0, 0.05) is 4.91 Å². The summed E-state index contributed by atoms with van der Waals surface area (Å²) < 4.78 is 5.12. The van der Waals surface area contributed by atoms with Crippen LogP contribution in [-0.2, 0) is 0 Å². The minimum absolute atomic E-state index is 0.0401. The Labute approximate surface area is 117 Å². The van der Waals surface area contributed by atoms with Gasteiger partial charge >= 0.3 is 0 Å². The molecule has 0 amide bonds. The van der Waals surface area contributed by atoms with Crippen LogP contribution in [0.4, 0.5) is 0 Å². The summed E-state index contributed by atoms with van der Waals surface area (Å²) in [5.74, 6) is 0.815. The van der Waals surface area contributed by atoms with Crippen molar-refractivity contribution in [3.63, 3.8) is 0 Å². The molecule has 0 aliphatic heterocycles. The third-order valence-electron chi connectivity index (χ3n) is 3.04. The average molecular weight is 269 g/mol. The van der Waals surface area contributed by atoms with Crippen LogP contribution in [0, 0.1) is 0 Å². The van der Waals surface area contributed by atoms with Crippen molar-refractivity contribution in [3.8, 4) is 16.9 Å². The van der Waals surface area contributed by atoms with Gasteiger partial charge in [-0.25, -0.2) is 0 Å². The molecule has 2 aromatic rings. The van der Waals surface area contributed by atoms with Crippen LogP contribution in [0.2, 0.25) is 0 Å². The van der Waals surface area contributed by atoms with Crippen molar-refractivity contribution in [1.82, 2.24) is 0 Å². The predicted octanol–water partition coefficient (Wildman–Crippen LogP) is 3.71. The van der Waals surface area contributed by atoms with E-state index in [-0.39, 0.29) is 6.54 Å². The number of hydrogen-bond acceptors (Lipinski definition) is 3. The van der Waals surface area contributed by atoms with Crippen LogP contribution in [0.5, 0.6) is 5.75 Å². The highest BCUT2D eigenvalue weighted by Gasteiger charge is 2.06. The summed E-state index contributed by atoms with van der Waals surface area (Å²) in [6.07, 6.45) is -0.768. The molecule has 5 nitrogen and oxygen atoms in total. The van der Waals surface area contributed by atoms with Gasteiger partial charge in [-0.3, -0.25) is 0 Å². The molecule has 0 bridgehead atoms. The second kappa shape index (κ2) is 6.61. The fraction of sp³-hybridized carbons (Fsp3) is 0.200. The molecule has 0 aliphatic rings. The number of benzene rings is 2. The van der Waals surface area contributed by atoms with Gasteiger partial charge in [-0.15, -0.1) is 0 Å². The number of aliphatic hydroxyl groups is 1. The Bertz CT molecular complexity index is 602. The highest BCUT2D eigenvalue weighted by molar-refractivity contribution is 5.64. The van der Waals surface area contributed by atoms with E-state index < -0.39 is 6.10 Å². The van der Waals surface area contributed by atoms with Gasteiger partial charge in [-0.2, -0.15) is 0 Å². The van der Waals surface area contributed by atoms with Gasteiger partial charge < -0.3 is 9.84 Å². The van der Waals surface area contributed by atoms with Crippen molar-refractivity contribution < 1.29 is 9.84 Å². The summed E-state index contributed by atoms with van der Waals surface area (Å²) in [7, 11) is 1.63. The monoisotopic (exact) mass is 269 g/mol. The molecule has 0 heterocycles. The minimum Gasteiger partial charge on any atom is -0.497 e. The quantitative estimate of drug-likeness (QED) is 0.510. The first-order chi connectivity index (χ1) is 9.74. The van der Waals surface area contributed by atoms with Gasteiger partial charge in [-0.05, 0) is 34.4 Å². The highest BCUT2D eigenvalue weighted by atomic mass is 16.5. The third kappa shape index (κ3) is 3.29. The second-order valence-corrected chi connectivity index (χ2v) is 4.28. The van der Waals surface area contributed by atoms with E-state index in [0.29, 0.717) is 0 Å². The van der Waals surface area contributed by atoms with Crippen LogP contribution in [0.3, 0.4) is 0 Å². The molecule has 5 heteroatoms. The highest BCUT2D eigenvalue weighted by Crippen LogP contribution is 2.24. The molecular formula is C15H15N3O2. The fourth-order valence-electron chi connectivity index (χ4n) is 1.90. The number of aliphatic hydroxyl groups excluding tert-OH is 1. The summed E-state index contributed by atoms with van der Waals surface area (Å²) in [4.78, 5) is 2.64. The lowest BCUT2D eigenvalue weighted by Gasteiger charge is -2.09. The summed E-state index contributed by atoms with van der Waals surface area (Å²) in [5.41, 5.74) is 11.1. The van der Waals surface area contributed by atoms with E-state index in [1.54, 1.807) is 7.11 Å². The first kappa shape index (κ1) is 13.9. The van der Waals surface area contributed by atoms with Crippen LogP contribution in [0.25, 0.3) is 21.6 Å². The van der Waals surface area contributed by atoms with E-state index in [1.165, 1.54) is 0 Å². The maximum atomic E-state index is 9.80. The number of ether oxygens (including phenoxy) is 1. The van der Waals surface area contributed by atoms with Crippen LogP contribution in [-0.4, -0.2) is 18.8 Å². The van der Waals surface area contributed by atoms with E-state index in [4.69, 9.17) is 10.3 Å². The smallest absolute Gasteiger partial charge is 0.118 e. The van der Waals surface area contributed by atoms with E-state index in [9.17, 15) is 5.11 Å². The Kier molecular flexibility index (Phi) is 4.60. The van der Waals surface area contributed by atoms with Crippen molar-refractivity contribution >= 4 is 0 Å². The first-order valence-corrected chi connectivity index (χ1v) is 6.18. The Balaban J connectivity index is 2.16. The van der Waals surface area contributed by atoms with Crippen molar-refractivity contribution in [3.05, 3.63) is 64.5 Å². The van der Waals surface area contributed by atoms with Crippen LogP contribution < -0.4 is 4.74 Å². The minimum atomic E-state index is -0.768. The second-order valence-electron chi connectivity index (χ2n) is 4.28. The standard InChI is InChI=1S/C15H15N3O2/c1-20-14-8-6-12(7-9-14)11-2-4-13(5-3-11)15(19)10-17-18-16/h2-9,15,19H,10H2,1H3. The Morgan fingerprint density at radius 2 is 1.65 bits per heavy atom. The molecule has 0 saturated heterocycles. The largest absolute Gasteiger partial charge is 0.497 e. The van der Waals surface area contributed by atoms with E-state index in [0.717, 1.165) is 22.4 Å². The average Bonchev–Trinajstić information content (AvgIpc) is 2.53. The molecule has 20 heavy (non-hydrogen) atoms. The van der Waals surface area contributed by atoms with Gasteiger partial charge in [0.1, 0.15) is 5.75 Å². The molecule has 2 aromatic carbocycles. The molecule has 0 aliphatic carbocycles. The van der Waals surface area contributed by atoms with E-state index in [2.05, 4.69) is 10.0 Å². The lowest BCUT2D eigenvalue weighted by Crippen LogP contribution is -2.00. The van der Waals surface area contributed by atoms with Crippen molar-refractivity contribution in [1.29, 1.82) is 0 Å². The fourth-order valence-corrected chi connectivity index (χ4v) is 1.90. The first-order valence-electron chi connectivity index (χ1n) is 6.18. The zero-order chi connectivity index (χ0) is 14.4. The van der Waals surface area contributed by atoms with Crippen LogP contribution >= 0.6 is 0 Å². The molecule has 0 spiro atoms. The van der Waals surface area contributed by atoms with Crippen molar-refractivity contribution in [2.45, 2.75) is 6.10 Å². The molecule has 0 saturated carbocycles. The van der Waals surface area contributed by atoms with Gasteiger partial charge in [0.2, 0.25) is 0 Å². The molecular weight excluding hydrogens is 254 g/mol. The zero-order valence-corrected chi connectivity index (χ0v) is 11.1. The summed E-state index contributed by atoms with van der Waals surface area (Å²) >= 11 is 0. The maximum absolute atomic E-state index is 9.80. The van der Waals surface area contributed by atoms with Crippen molar-refractivity contribution in [2.24, 2.45) is 5.11 Å². The molecule has 1 unspecified atom stereocenters. The molecule has 0 aromatic heterocycles. The number of azide groups is 1. The van der Waals surface area contributed by atoms with Gasteiger partial charge in [-0.1, -0.05) is 41.5 Å². The number of hydrogen-bond donors (Lipinski definition) is 1. The van der Waals surface area contributed by atoms with Gasteiger partial charge in [0.25, 0.3) is 0 Å². The molecule has 1 atom stereocenters. The number of methoxy groups -OCH3 is 1.